The van der Waals surface area contributed by atoms with Crippen LogP contribution in [-0.4, -0.2) is 36.5 Å². The lowest BCUT2D eigenvalue weighted by molar-refractivity contribution is -0.137. The van der Waals surface area contributed by atoms with Crippen molar-refractivity contribution in [2.75, 3.05) is 30.2 Å². The molecule has 0 bridgehead atoms. The number of nitrogens with one attached hydrogen (secondary N) is 1. The van der Waals surface area contributed by atoms with E-state index in [1.807, 2.05) is 67.6 Å². The first-order chi connectivity index (χ1) is 21.4. The van der Waals surface area contributed by atoms with Crippen molar-refractivity contribution < 1.29 is 31.1 Å². The molecule has 0 atom stereocenters. The molecule has 0 aliphatic carbocycles. The maximum absolute atomic E-state index is 13.6. The van der Waals surface area contributed by atoms with Crippen LogP contribution in [0.1, 0.15) is 40.2 Å². The number of halogens is 7. The Balaban J connectivity index is 1.51. The van der Waals surface area contributed by atoms with Gasteiger partial charge in [0.1, 0.15) is 11.5 Å². The van der Waals surface area contributed by atoms with Crippen LogP contribution in [0.2, 0.25) is 5.02 Å². The number of alkyl halides is 6. The Morgan fingerprint density at radius 3 is 2.09 bits per heavy atom. The summed E-state index contributed by atoms with van der Waals surface area (Å²) >= 11 is 6.85. The molecule has 4 rings (SSSR count). The summed E-state index contributed by atoms with van der Waals surface area (Å²) in [6.07, 6.45) is -8.33. The van der Waals surface area contributed by atoms with Crippen LogP contribution >= 0.6 is 23.5 Å². The summed E-state index contributed by atoms with van der Waals surface area (Å²) in [5.41, 5.74) is 2.96. The third kappa shape index (κ3) is 10.6. The zero-order valence-corrected chi connectivity index (χ0v) is 26.0. The van der Waals surface area contributed by atoms with Crippen molar-refractivity contribution in [3.8, 4) is 5.75 Å². The van der Waals surface area contributed by atoms with Crippen LogP contribution < -0.4 is 9.46 Å². The zero-order valence-electron chi connectivity index (χ0n) is 24.5. The Bertz CT molecular complexity index is 1460. The van der Waals surface area contributed by atoms with E-state index in [1.54, 1.807) is 24.3 Å². The van der Waals surface area contributed by atoms with Crippen LogP contribution in [0.15, 0.2) is 97.1 Å². The van der Waals surface area contributed by atoms with Gasteiger partial charge in [0.25, 0.3) is 0 Å². The molecule has 0 amide bonds. The van der Waals surface area contributed by atoms with Crippen molar-refractivity contribution in [2.45, 2.75) is 38.2 Å². The van der Waals surface area contributed by atoms with E-state index < -0.39 is 23.7 Å². The third-order valence-electron chi connectivity index (χ3n) is 7.11. The van der Waals surface area contributed by atoms with Crippen LogP contribution in [-0.2, 0) is 12.7 Å². The van der Waals surface area contributed by atoms with Gasteiger partial charge in [0, 0.05) is 37.3 Å². The number of hydrogen-bond donors (Lipinski definition) is 1. The summed E-state index contributed by atoms with van der Waals surface area (Å²) in [4.78, 5) is 2.08. The summed E-state index contributed by atoms with van der Waals surface area (Å²) < 4.78 is 87.2. The van der Waals surface area contributed by atoms with Crippen molar-refractivity contribution in [1.29, 1.82) is 0 Å². The largest absolute Gasteiger partial charge is 0.493 e. The minimum absolute atomic E-state index is 0.0582. The van der Waals surface area contributed by atoms with Gasteiger partial charge >= 0.3 is 12.4 Å². The minimum Gasteiger partial charge on any atom is -0.493 e. The number of aryl methyl sites for hydroxylation is 1. The van der Waals surface area contributed by atoms with E-state index in [1.165, 1.54) is 6.07 Å². The fourth-order valence-corrected chi connectivity index (χ4v) is 5.74. The van der Waals surface area contributed by atoms with Crippen LogP contribution in [0.5, 0.6) is 5.75 Å². The molecule has 0 saturated heterocycles. The second-order valence-corrected chi connectivity index (χ2v) is 11.7. The molecule has 0 saturated carbocycles. The van der Waals surface area contributed by atoms with Gasteiger partial charge in [-0.2, -0.15) is 26.3 Å². The van der Waals surface area contributed by atoms with E-state index in [9.17, 15) is 26.3 Å². The Kier molecular flexibility index (Phi) is 12.1. The van der Waals surface area contributed by atoms with Gasteiger partial charge in [-0.25, -0.2) is 0 Å². The van der Waals surface area contributed by atoms with Gasteiger partial charge in [-0.05, 0) is 59.7 Å². The number of hydrogen-bond acceptors (Lipinski definition) is 4. The average Bonchev–Trinajstić information content (AvgIpc) is 2.99. The predicted molar refractivity (Wildman–Crippen MR) is 170 cm³/mol. The molecule has 0 fully saturated rings. The molecule has 0 unspecified atom stereocenters. The molecule has 0 aromatic heterocycles. The maximum Gasteiger partial charge on any atom is 0.417 e. The first-order valence-corrected chi connectivity index (χ1v) is 15.6. The van der Waals surface area contributed by atoms with Crippen LogP contribution in [0.3, 0.4) is 0 Å². The molecule has 45 heavy (non-hydrogen) atoms. The van der Waals surface area contributed by atoms with Crippen molar-refractivity contribution >= 4 is 29.2 Å². The molecular weight excluding hydrogens is 634 g/mol. The van der Waals surface area contributed by atoms with E-state index in [2.05, 4.69) is 9.62 Å². The van der Waals surface area contributed by atoms with Gasteiger partial charge in [0.15, 0.2) is 0 Å². The van der Waals surface area contributed by atoms with E-state index >= 15 is 0 Å². The summed E-state index contributed by atoms with van der Waals surface area (Å²) in [5, 5.41) is -0.314. The molecule has 11 heteroatoms. The predicted octanol–water partition coefficient (Wildman–Crippen LogP) is 10.4. The topological polar surface area (TPSA) is 24.5 Å². The number of anilines is 1. The molecule has 0 spiro atoms. The van der Waals surface area contributed by atoms with Gasteiger partial charge in [-0.3, -0.25) is 4.90 Å². The highest BCUT2D eigenvalue weighted by Crippen LogP contribution is 2.37. The molecule has 0 radical (unpaired) electrons. The molecule has 240 valence electrons. The van der Waals surface area contributed by atoms with Crippen LogP contribution in [0.4, 0.5) is 32.0 Å². The first kappa shape index (κ1) is 34.5. The van der Waals surface area contributed by atoms with E-state index in [-0.39, 0.29) is 24.1 Å². The molecule has 0 aliphatic heterocycles. The number of nitrogens with zero attached hydrogens (tertiary/aromatic N) is 1. The number of benzene rings is 4. The smallest absolute Gasteiger partial charge is 0.417 e. The normalized spacial score (nSPS) is 12.1. The monoisotopic (exact) mass is 666 g/mol. The highest BCUT2D eigenvalue weighted by atomic mass is 35.5. The summed E-state index contributed by atoms with van der Waals surface area (Å²) in [6, 6.07) is 28.9. The fraction of sp³-hybridized carbons (Fsp3) is 0.294. The zero-order chi connectivity index (χ0) is 32.5. The Morgan fingerprint density at radius 2 is 1.49 bits per heavy atom. The summed E-state index contributed by atoms with van der Waals surface area (Å²) in [6.45, 7) is 3.31. The Labute approximate surface area is 268 Å². The van der Waals surface area contributed by atoms with Crippen LogP contribution in [0, 0.1) is 6.92 Å². The molecule has 0 aliphatic rings. The van der Waals surface area contributed by atoms with Crippen molar-refractivity contribution in [2.24, 2.45) is 0 Å². The lowest BCUT2D eigenvalue weighted by atomic mass is 9.90. The lowest BCUT2D eigenvalue weighted by Gasteiger charge is -2.29. The van der Waals surface area contributed by atoms with Crippen molar-refractivity contribution in [1.82, 2.24) is 4.90 Å². The quantitative estimate of drug-likeness (QED) is 0.0822. The maximum atomic E-state index is 13.6. The second-order valence-electron chi connectivity index (χ2n) is 10.6. The third-order valence-corrected chi connectivity index (χ3v) is 8.41. The lowest BCUT2D eigenvalue weighted by Crippen LogP contribution is -2.31. The molecule has 1 N–H and O–H groups in total. The Morgan fingerprint density at radius 1 is 0.844 bits per heavy atom. The highest BCUT2D eigenvalue weighted by molar-refractivity contribution is 8.00. The summed E-state index contributed by atoms with van der Waals surface area (Å²) in [5.74, 6) is -0.556. The minimum atomic E-state index is -4.57. The van der Waals surface area contributed by atoms with Gasteiger partial charge in [0.2, 0.25) is 0 Å². The van der Waals surface area contributed by atoms with Gasteiger partial charge in [-0.1, -0.05) is 90.5 Å². The van der Waals surface area contributed by atoms with E-state index in [4.69, 9.17) is 16.3 Å². The van der Waals surface area contributed by atoms with Crippen molar-refractivity contribution in [3.05, 3.63) is 130 Å². The fourth-order valence-electron chi connectivity index (χ4n) is 4.92. The molecular formula is C34H33ClF6N2OS. The molecule has 4 aromatic rings. The molecule has 0 heterocycles. The number of rotatable bonds is 14. The van der Waals surface area contributed by atoms with Gasteiger partial charge < -0.3 is 9.46 Å². The van der Waals surface area contributed by atoms with Gasteiger partial charge in [-0.15, -0.1) is 0 Å². The van der Waals surface area contributed by atoms with Gasteiger partial charge in [0.05, 0.1) is 17.2 Å². The van der Waals surface area contributed by atoms with Crippen molar-refractivity contribution in [3.63, 3.8) is 0 Å². The molecule has 4 aromatic carbocycles. The SMILES string of the molecule is Cc1ccc(NSCC(F)(F)F)cc1OCCCN(Cc1cccc(C(F)(F)F)c1Cl)CC(c1ccccc1)c1ccccc1. The Hall–Kier alpha value is -3.34. The first-order valence-electron chi connectivity index (χ1n) is 14.3. The highest BCUT2D eigenvalue weighted by Gasteiger charge is 2.34. The number of ether oxygens (including phenoxy) is 1. The summed E-state index contributed by atoms with van der Waals surface area (Å²) in [7, 11) is 0. The second kappa shape index (κ2) is 15.8. The molecule has 3 nitrogen and oxygen atoms in total. The van der Waals surface area contributed by atoms with E-state index in [0.717, 1.165) is 22.8 Å². The average molecular weight is 667 g/mol. The standard InChI is InChI=1S/C34H33ClF6N2OS/c1-24-16-17-28(42-45-23-33(36,37)38)20-31(24)44-19-9-18-43(21-27-14-8-15-30(32(27)35)34(39,40)41)22-29(25-10-4-2-5-11-25)26-12-6-3-7-13-26/h2-8,10-17,20,29,42H,9,18-19,21-23H2,1H3. The van der Waals surface area contributed by atoms with Crippen LogP contribution in [0.25, 0.3) is 0 Å². The van der Waals surface area contributed by atoms with E-state index in [0.29, 0.717) is 48.5 Å².